The second-order valence-corrected chi connectivity index (χ2v) is 5.43. The monoisotopic (exact) mass is 259 g/mol. The molecule has 4 heteroatoms. The molecule has 0 saturated carbocycles. The molecule has 0 N–H and O–H groups in total. The SMILES string of the molecule is COC(=O)c1cc2c3cc(C)ccc3n(C)c2s1. The van der Waals surface area contributed by atoms with Gasteiger partial charge in [-0.2, -0.15) is 0 Å². The molecular weight excluding hydrogens is 246 g/mol. The highest BCUT2D eigenvalue weighted by Gasteiger charge is 2.16. The molecule has 0 atom stereocenters. The van der Waals surface area contributed by atoms with Crippen LogP contribution in [0.5, 0.6) is 0 Å². The lowest BCUT2D eigenvalue weighted by atomic mass is 10.1. The summed E-state index contributed by atoms with van der Waals surface area (Å²) in [6.45, 7) is 2.08. The van der Waals surface area contributed by atoms with Crippen molar-refractivity contribution in [3.63, 3.8) is 0 Å². The predicted molar refractivity (Wildman–Crippen MR) is 74.4 cm³/mol. The number of nitrogens with zero attached hydrogens (tertiary/aromatic N) is 1. The average molecular weight is 259 g/mol. The number of thiophene rings is 1. The van der Waals surface area contributed by atoms with E-state index >= 15 is 0 Å². The van der Waals surface area contributed by atoms with Crippen LogP contribution in [0.4, 0.5) is 0 Å². The number of rotatable bonds is 1. The Labute approximate surface area is 109 Å². The maximum Gasteiger partial charge on any atom is 0.348 e. The van der Waals surface area contributed by atoms with Crippen molar-refractivity contribution < 1.29 is 9.53 Å². The molecule has 92 valence electrons. The van der Waals surface area contributed by atoms with Crippen molar-refractivity contribution in [1.82, 2.24) is 4.57 Å². The Balaban J connectivity index is 2.38. The van der Waals surface area contributed by atoms with Gasteiger partial charge >= 0.3 is 5.97 Å². The van der Waals surface area contributed by atoms with Crippen molar-refractivity contribution >= 4 is 38.4 Å². The van der Waals surface area contributed by atoms with Crippen LogP contribution < -0.4 is 0 Å². The molecule has 0 spiro atoms. The molecule has 3 aromatic rings. The van der Waals surface area contributed by atoms with Gasteiger partial charge in [0.2, 0.25) is 0 Å². The lowest BCUT2D eigenvalue weighted by molar-refractivity contribution is 0.0606. The summed E-state index contributed by atoms with van der Waals surface area (Å²) in [5.74, 6) is -0.267. The standard InChI is InChI=1S/C14H13NO2S/c1-8-4-5-11-9(6-8)10-7-12(14(16)17-3)18-13(10)15(11)2/h4-7H,1-3H3. The molecule has 1 aromatic carbocycles. The van der Waals surface area contributed by atoms with Gasteiger partial charge in [0, 0.05) is 23.3 Å². The van der Waals surface area contributed by atoms with Crippen molar-refractivity contribution in [2.24, 2.45) is 7.05 Å². The second kappa shape index (κ2) is 3.85. The van der Waals surface area contributed by atoms with Crippen molar-refractivity contribution in [2.75, 3.05) is 7.11 Å². The Kier molecular flexibility index (Phi) is 2.41. The van der Waals surface area contributed by atoms with E-state index in [4.69, 9.17) is 4.74 Å². The van der Waals surface area contributed by atoms with Crippen LogP contribution in [0.15, 0.2) is 24.3 Å². The van der Waals surface area contributed by atoms with Crippen LogP contribution in [-0.2, 0) is 11.8 Å². The van der Waals surface area contributed by atoms with Crippen LogP contribution in [0.1, 0.15) is 15.2 Å². The summed E-state index contributed by atoms with van der Waals surface area (Å²) in [7, 11) is 3.44. The Morgan fingerprint density at radius 3 is 2.78 bits per heavy atom. The second-order valence-electron chi connectivity index (χ2n) is 4.40. The summed E-state index contributed by atoms with van der Waals surface area (Å²) in [5.41, 5.74) is 2.42. The van der Waals surface area contributed by atoms with Gasteiger partial charge in [-0.25, -0.2) is 4.79 Å². The van der Waals surface area contributed by atoms with E-state index in [1.807, 2.05) is 13.1 Å². The number of aryl methyl sites for hydroxylation is 2. The Hall–Kier alpha value is -1.81. The maximum atomic E-state index is 11.6. The number of esters is 1. The number of benzene rings is 1. The summed E-state index contributed by atoms with van der Waals surface area (Å²) in [6, 6.07) is 8.31. The lowest BCUT2D eigenvalue weighted by Crippen LogP contribution is -1.97. The van der Waals surface area contributed by atoms with Gasteiger partial charge < -0.3 is 9.30 Å². The Bertz CT molecular complexity index is 767. The molecule has 18 heavy (non-hydrogen) atoms. The van der Waals surface area contributed by atoms with Gasteiger partial charge in [0.15, 0.2) is 0 Å². The fourth-order valence-electron chi connectivity index (χ4n) is 2.29. The average Bonchev–Trinajstić information content (AvgIpc) is 2.90. The van der Waals surface area contributed by atoms with E-state index in [2.05, 4.69) is 29.7 Å². The Morgan fingerprint density at radius 1 is 1.28 bits per heavy atom. The lowest BCUT2D eigenvalue weighted by Gasteiger charge is -1.98. The number of carbonyl (C=O) groups is 1. The molecular formula is C14H13NO2S. The summed E-state index contributed by atoms with van der Waals surface area (Å²) < 4.78 is 6.90. The first-order valence-corrected chi connectivity index (χ1v) is 6.50. The molecule has 0 fully saturated rings. The number of hydrogen-bond acceptors (Lipinski definition) is 3. The quantitative estimate of drug-likeness (QED) is 0.626. The van der Waals surface area contributed by atoms with E-state index in [1.54, 1.807) is 0 Å². The third-order valence-electron chi connectivity index (χ3n) is 3.21. The number of carbonyl (C=O) groups excluding carboxylic acids is 1. The van der Waals surface area contributed by atoms with Gasteiger partial charge in [-0.1, -0.05) is 11.6 Å². The minimum atomic E-state index is -0.267. The van der Waals surface area contributed by atoms with E-state index in [0.29, 0.717) is 4.88 Å². The molecule has 2 aromatic heterocycles. The molecule has 0 aliphatic rings. The zero-order valence-corrected chi connectivity index (χ0v) is 11.3. The molecule has 3 nitrogen and oxygen atoms in total. The summed E-state index contributed by atoms with van der Waals surface area (Å²) >= 11 is 1.48. The molecule has 0 saturated heterocycles. The highest BCUT2D eigenvalue weighted by molar-refractivity contribution is 7.20. The predicted octanol–water partition coefficient (Wildman–Crippen LogP) is 3.49. The smallest absolute Gasteiger partial charge is 0.348 e. The minimum absolute atomic E-state index is 0.267. The highest BCUT2D eigenvalue weighted by Crippen LogP contribution is 2.35. The number of methoxy groups -OCH3 is 1. The van der Waals surface area contributed by atoms with Gasteiger partial charge in [-0.15, -0.1) is 11.3 Å². The zero-order chi connectivity index (χ0) is 12.9. The Morgan fingerprint density at radius 2 is 2.06 bits per heavy atom. The third kappa shape index (κ3) is 1.46. The third-order valence-corrected chi connectivity index (χ3v) is 4.40. The highest BCUT2D eigenvalue weighted by atomic mass is 32.1. The first-order valence-electron chi connectivity index (χ1n) is 5.68. The summed E-state index contributed by atoms with van der Waals surface area (Å²) in [4.78, 5) is 13.3. The zero-order valence-electron chi connectivity index (χ0n) is 10.5. The first-order chi connectivity index (χ1) is 8.61. The van der Waals surface area contributed by atoms with E-state index in [0.717, 1.165) is 10.2 Å². The molecule has 2 heterocycles. The fraction of sp³-hybridized carbons (Fsp3) is 0.214. The van der Waals surface area contributed by atoms with E-state index < -0.39 is 0 Å². The molecule has 0 amide bonds. The van der Waals surface area contributed by atoms with Crippen molar-refractivity contribution in [1.29, 1.82) is 0 Å². The van der Waals surface area contributed by atoms with Crippen LogP contribution in [0.3, 0.4) is 0 Å². The maximum absolute atomic E-state index is 11.6. The van der Waals surface area contributed by atoms with Gasteiger partial charge in [-0.3, -0.25) is 0 Å². The van der Waals surface area contributed by atoms with E-state index in [9.17, 15) is 4.79 Å². The fourth-order valence-corrected chi connectivity index (χ4v) is 3.36. The van der Waals surface area contributed by atoms with Gasteiger partial charge in [0.25, 0.3) is 0 Å². The van der Waals surface area contributed by atoms with Crippen LogP contribution in [0, 0.1) is 6.92 Å². The van der Waals surface area contributed by atoms with Crippen molar-refractivity contribution in [2.45, 2.75) is 6.92 Å². The molecule has 0 aliphatic heterocycles. The van der Waals surface area contributed by atoms with E-state index in [1.165, 1.54) is 34.9 Å². The largest absolute Gasteiger partial charge is 0.465 e. The normalized spacial score (nSPS) is 11.3. The van der Waals surface area contributed by atoms with Crippen LogP contribution >= 0.6 is 11.3 Å². The minimum Gasteiger partial charge on any atom is -0.465 e. The molecule has 0 unspecified atom stereocenters. The van der Waals surface area contributed by atoms with Gasteiger partial charge in [0.1, 0.15) is 9.71 Å². The topological polar surface area (TPSA) is 31.2 Å². The van der Waals surface area contributed by atoms with Crippen molar-refractivity contribution in [3.8, 4) is 0 Å². The van der Waals surface area contributed by atoms with Crippen LogP contribution in [0.25, 0.3) is 21.1 Å². The molecule has 0 aliphatic carbocycles. The van der Waals surface area contributed by atoms with Gasteiger partial charge in [0.05, 0.1) is 7.11 Å². The van der Waals surface area contributed by atoms with Gasteiger partial charge in [-0.05, 0) is 25.1 Å². The van der Waals surface area contributed by atoms with E-state index in [-0.39, 0.29) is 5.97 Å². The number of fused-ring (bicyclic) bond motifs is 3. The summed E-state index contributed by atoms with van der Waals surface area (Å²) in [5, 5.41) is 2.32. The summed E-state index contributed by atoms with van der Waals surface area (Å²) in [6.07, 6.45) is 0. The first kappa shape index (κ1) is 11.3. The number of hydrogen-bond donors (Lipinski definition) is 0. The molecule has 0 radical (unpaired) electrons. The number of ether oxygens (including phenoxy) is 1. The van der Waals surface area contributed by atoms with Crippen molar-refractivity contribution in [3.05, 3.63) is 34.7 Å². The number of aromatic nitrogens is 1. The molecule has 3 rings (SSSR count). The van der Waals surface area contributed by atoms with Crippen LogP contribution in [-0.4, -0.2) is 17.6 Å². The van der Waals surface area contributed by atoms with Crippen LogP contribution in [0.2, 0.25) is 0 Å². The molecule has 0 bridgehead atoms.